The molecule has 0 radical (unpaired) electrons. The van der Waals surface area contributed by atoms with Gasteiger partial charge in [0.2, 0.25) is 0 Å². The Bertz CT molecular complexity index is 1020. The molecule has 18 heteroatoms. The van der Waals surface area contributed by atoms with Crippen LogP contribution in [0.1, 0.15) is 0 Å². The van der Waals surface area contributed by atoms with E-state index in [0.29, 0.717) is 33.0 Å². The quantitative estimate of drug-likeness (QED) is 0.0506. The van der Waals surface area contributed by atoms with Gasteiger partial charge in [-0.2, -0.15) is 0 Å². The van der Waals surface area contributed by atoms with Gasteiger partial charge in [0, 0.05) is 13.1 Å². The lowest BCUT2D eigenvalue weighted by Crippen LogP contribution is -2.65. The van der Waals surface area contributed by atoms with Gasteiger partial charge in [-0.15, -0.1) is 0 Å². The van der Waals surface area contributed by atoms with E-state index in [0.717, 1.165) is 6.54 Å². The number of aliphatic hydroxyl groups is 7. The van der Waals surface area contributed by atoms with Gasteiger partial charge in [-0.1, -0.05) is 0 Å². The van der Waals surface area contributed by atoms with E-state index in [4.69, 9.17) is 28.4 Å². The number of hydrogen-bond acceptors (Lipinski definition) is 18. The summed E-state index contributed by atoms with van der Waals surface area (Å²) in [5.74, 6) is 0. The largest absolute Gasteiger partial charge is 0.394 e. The zero-order chi connectivity index (χ0) is 31.5. The number of rotatable bonds is 19. The summed E-state index contributed by atoms with van der Waals surface area (Å²) in [7, 11) is 1.83. The molecule has 0 aromatic heterocycles. The van der Waals surface area contributed by atoms with Crippen molar-refractivity contribution in [1.82, 2.24) is 5.32 Å². The molecule has 0 saturated carbocycles. The van der Waals surface area contributed by atoms with Crippen molar-refractivity contribution in [1.29, 1.82) is 0 Å². The second-order valence-electron chi connectivity index (χ2n) is 9.98. The minimum atomic E-state index is -1.81. The van der Waals surface area contributed by atoms with Crippen LogP contribution in [0.25, 0.3) is 0 Å². The van der Waals surface area contributed by atoms with Crippen molar-refractivity contribution in [3.05, 3.63) is 20.4 Å². The Morgan fingerprint density at radius 2 is 1.26 bits per heavy atom. The van der Waals surface area contributed by atoms with Crippen molar-refractivity contribution in [3.63, 3.8) is 0 Å². The van der Waals surface area contributed by atoms with Crippen LogP contribution in [0, 0.1) is 0 Å². The van der Waals surface area contributed by atoms with Crippen molar-refractivity contribution < 1.29 is 64.2 Å². The summed E-state index contributed by atoms with van der Waals surface area (Å²) in [6.45, 7) is 1.73. The average molecular weight is 626 g/mol. The lowest BCUT2D eigenvalue weighted by Gasteiger charge is -2.46. The fourth-order valence-electron chi connectivity index (χ4n) is 4.51. The van der Waals surface area contributed by atoms with E-state index in [2.05, 4.69) is 16.0 Å². The Hall–Kier alpha value is -1.88. The molecule has 0 spiro atoms. The highest BCUT2D eigenvalue weighted by Crippen LogP contribution is 2.30. The molecule has 2 heterocycles. The van der Waals surface area contributed by atoms with Gasteiger partial charge in [-0.3, -0.25) is 9.59 Å². The lowest BCUT2D eigenvalue weighted by atomic mass is 9.96. The van der Waals surface area contributed by atoms with Crippen molar-refractivity contribution in [2.75, 3.05) is 83.6 Å². The van der Waals surface area contributed by atoms with Crippen LogP contribution < -0.4 is 26.8 Å². The summed E-state index contributed by atoms with van der Waals surface area (Å²) < 4.78 is 32.5. The van der Waals surface area contributed by atoms with Gasteiger partial charge in [0.1, 0.15) is 60.2 Å². The number of nitrogens with one attached hydrogen (secondary N) is 3. The van der Waals surface area contributed by atoms with Crippen LogP contribution in [-0.2, 0) is 28.4 Å². The summed E-state index contributed by atoms with van der Waals surface area (Å²) in [5.41, 5.74) is -1.97. The molecule has 43 heavy (non-hydrogen) atoms. The number of hydrogen-bond donors (Lipinski definition) is 10. The summed E-state index contributed by atoms with van der Waals surface area (Å²) in [6, 6.07) is 0. The average Bonchev–Trinajstić information content (AvgIpc) is 3.01. The van der Waals surface area contributed by atoms with Crippen molar-refractivity contribution in [2.45, 2.75) is 61.3 Å². The Balaban J connectivity index is 1.48. The molecule has 2 aliphatic heterocycles. The number of anilines is 2. The first kappa shape index (κ1) is 35.6. The number of aliphatic hydroxyl groups excluding tert-OH is 7. The van der Waals surface area contributed by atoms with E-state index in [1.807, 2.05) is 7.05 Å². The predicted molar refractivity (Wildman–Crippen MR) is 146 cm³/mol. The molecule has 0 aliphatic carbocycles. The van der Waals surface area contributed by atoms with Crippen LogP contribution in [0.4, 0.5) is 11.4 Å². The molecule has 1 aromatic rings. The summed E-state index contributed by atoms with van der Waals surface area (Å²) in [6.07, 6.45) is -16.1. The highest BCUT2D eigenvalue weighted by Gasteiger charge is 2.50. The van der Waals surface area contributed by atoms with Gasteiger partial charge in [-0.05, 0) is 7.05 Å². The van der Waals surface area contributed by atoms with Crippen molar-refractivity contribution in [3.8, 4) is 0 Å². The maximum absolute atomic E-state index is 12.2. The molecule has 10 N–H and O–H groups in total. The first-order chi connectivity index (χ1) is 20.7. The molecule has 0 amide bonds. The monoisotopic (exact) mass is 625 g/mol. The fourth-order valence-corrected chi connectivity index (χ4v) is 4.51. The molecule has 3 rings (SSSR count). The second kappa shape index (κ2) is 17.6. The third-order valence-corrected chi connectivity index (χ3v) is 6.99. The first-order valence-electron chi connectivity index (χ1n) is 14.0. The number of likely N-dealkylation sites (N-methyl/N-ethyl adjacent to an activating group) is 1. The van der Waals surface area contributed by atoms with E-state index in [1.54, 1.807) is 0 Å². The Morgan fingerprint density at radius 1 is 0.674 bits per heavy atom. The molecule has 10 atom stereocenters. The van der Waals surface area contributed by atoms with Crippen LogP contribution in [0.5, 0.6) is 0 Å². The summed E-state index contributed by atoms with van der Waals surface area (Å²) in [5, 5.41) is 79.2. The molecule has 4 unspecified atom stereocenters. The Morgan fingerprint density at radius 3 is 1.86 bits per heavy atom. The Kier molecular flexibility index (Phi) is 14.5. The normalized spacial score (nSPS) is 33.1. The third-order valence-electron chi connectivity index (χ3n) is 6.99. The highest BCUT2D eigenvalue weighted by atomic mass is 16.7. The summed E-state index contributed by atoms with van der Waals surface area (Å²) in [4.78, 5) is 24.4. The van der Waals surface area contributed by atoms with Gasteiger partial charge < -0.3 is 80.1 Å². The molecule has 18 nitrogen and oxygen atoms in total. The van der Waals surface area contributed by atoms with Gasteiger partial charge in [0.05, 0.1) is 52.9 Å². The van der Waals surface area contributed by atoms with E-state index in [9.17, 15) is 45.3 Å². The van der Waals surface area contributed by atoms with Gasteiger partial charge in [0.25, 0.3) is 10.9 Å². The molecule has 1 aromatic carbocycles. The summed E-state index contributed by atoms with van der Waals surface area (Å²) >= 11 is 0. The zero-order valence-corrected chi connectivity index (χ0v) is 23.7. The maximum atomic E-state index is 12.2. The predicted octanol–water partition coefficient (Wildman–Crippen LogP) is -6.00. The topological polar surface area (TPSA) is 267 Å². The lowest BCUT2D eigenvalue weighted by molar-refractivity contribution is -0.340. The van der Waals surface area contributed by atoms with Gasteiger partial charge in [-0.25, -0.2) is 0 Å². The molecule has 2 saturated heterocycles. The van der Waals surface area contributed by atoms with Gasteiger partial charge >= 0.3 is 0 Å². The van der Waals surface area contributed by atoms with Crippen LogP contribution in [0.2, 0.25) is 0 Å². The first-order valence-corrected chi connectivity index (χ1v) is 14.0. The molecular formula is C25H43N3O15. The SMILES string of the molecule is CNCCOCCOCCOCCNc1c(N[C@@H]2OC(CO)[C@H](O[C@@H]3OC(CO)[C@H](O)[C@H](O)C3O)[C@H](O)C2O)c(=O)c1=O. The van der Waals surface area contributed by atoms with Crippen LogP contribution in [-0.4, -0.2) is 170 Å². The van der Waals surface area contributed by atoms with Gasteiger partial charge in [0.15, 0.2) is 12.5 Å². The van der Waals surface area contributed by atoms with Crippen LogP contribution in [0.3, 0.4) is 0 Å². The highest BCUT2D eigenvalue weighted by molar-refractivity contribution is 5.74. The molecule has 0 bridgehead atoms. The van der Waals surface area contributed by atoms with Crippen molar-refractivity contribution in [2.24, 2.45) is 0 Å². The molecular weight excluding hydrogens is 582 g/mol. The minimum Gasteiger partial charge on any atom is -0.394 e. The van der Waals surface area contributed by atoms with Crippen LogP contribution in [0.15, 0.2) is 9.59 Å². The fraction of sp³-hybridized carbons (Fsp3) is 0.840. The standard InChI is InChI=1S/C25H43N3O15/c1-26-2-4-38-6-8-40-9-7-39-5-3-27-14-15(18(33)17(14)32)28-24-21(36)20(35)23(13(11-30)41-24)43-25-22(37)19(34)16(31)12(10-29)42-25/h12-13,16,19-31,34-37H,2-11H2,1H3/t12?,13?,16-,19-,20+,21?,22?,23-,24+,25-/m0/s1. The van der Waals surface area contributed by atoms with Crippen molar-refractivity contribution >= 4 is 11.4 Å². The van der Waals surface area contributed by atoms with E-state index >= 15 is 0 Å². The Labute approximate surface area is 246 Å². The smallest absolute Gasteiger partial charge is 0.253 e. The maximum Gasteiger partial charge on any atom is 0.253 e. The second-order valence-corrected chi connectivity index (χ2v) is 9.98. The third kappa shape index (κ3) is 9.08. The molecule has 2 fully saturated rings. The van der Waals surface area contributed by atoms with Crippen LogP contribution >= 0.6 is 0 Å². The van der Waals surface area contributed by atoms with E-state index < -0.39 is 85.4 Å². The van der Waals surface area contributed by atoms with E-state index in [1.165, 1.54) is 0 Å². The molecule has 248 valence electrons. The number of ether oxygens (including phenoxy) is 6. The van der Waals surface area contributed by atoms with E-state index in [-0.39, 0.29) is 24.5 Å². The molecule has 2 aliphatic rings. The minimum absolute atomic E-state index is 0.0749. The zero-order valence-electron chi connectivity index (χ0n) is 23.7.